The molecule has 0 saturated carbocycles. The van der Waals surface area contributed by atoms with Crippen LogP contribution < -0.4 is 5.32 Å². The minimum Gasteiger partial charge on any atom is -0.480 e. The number of aliphatic carboxylic acids is 1. The molecule has 0 aromatic heterocycles. The molecule has 1 aromatic carbocycles. The van der Waals surface area contributed by atoms with E-state index in [2.05, 4.69) is 5.32 Å². The Morgan fingerprint density at radius 3 is 2.11 bits per heavy atom. The zero-order valence-electron chi connectivity index (χ0n) is 15.1. The van der Waals surface area contributed by atoms with Crippen molar-refractivity contribution in [1.82, 2.24) is 5.32 Å². The molecule has 1 rings (SSSR count). The summed E-state index contributed by atoms with van der Waals surface area (Å²) in [6, 6.07) is 4.20. The zero-order valence-corrected chi connectivity index (χ0v) is 15.1. The average molecular weight is 385 g/mol. The molecule has 0 aliphatic carbocycles. The Hall–Kier alpha value is -2.84. The van der Waals surface area contributed by atoms with Gasteiger partial charge in [0, 0.05) is 12.0 Å². The number of hydrogen-bond acceptors (Lipinski definition) is 5. The maximum Gasteiger partial charge on any atom is 0.408 e. The van der Waals surface area contributed by atoms with Crippen molar-refractivity contribution in [2.45, 2.75) is 51.7 Å². The van der Waals surface area contributed by atoms with E-state index in [1.165, 1.54) is 24.3 Å². The van der Waals surface area contributed by atoms with E-state index in [0.717, 1.165) is 0 Å². The Morgan fingerprint density at radius 1 is 1.11 bits per heavy atom. The van der Waals surface area contributed by atoms with Crippen molar-refractivity contribution in [3.63, 3.8) is 0 Å². The fourth-order valence-corrected chi connectivity index (χ4v) is 2.05. The highest BCUT2D eigenvalue weighted by Crippen LogP contribution is 2.12. The molecule has 7 nitrogen and oxygen atoms in total. The lowest BCUT2D eigenvalue weighted by Gasteiger charge is -2.22. The molecular formula is C18H21F2NO6. The number of ether oxygens (including phenoxy) is 1. The first-order chi connectivity index (χ1) is 12.4. The normalized spacial score (nSPS) is 12.4. The number of amides is 1. The molecule has 1 amide bonds. The lowest BCUT2D eigenvalue weighted by molar-refractivity contribution is -0.139. The molecule has 2 N–H and O–H groups in total. The number of benzene rings is 1. The molecular weight excluding hydrogens is 364 g/mol. The van der Waals surface area contributed by atoms with Crippen LogP contribution in [0.1, 0.15) is 43.1 Å². The second-order valence-electron chi connectivity index (χ2n) is 6.81. The van der Waals surface area contributed by atoms with Crippen molar-refractivity contribution in [2.75, 3.05) is 0 Å². The predicted octanol–water partition coefficient (Wildman–Crippen LogP) is 2.61. The van der Waals surface area contributed by atoms with Crippen molar-refractivity contribution in [3.8, 4) is 0 Å². The van der Waals surface area contributed by atoms with Gasteiger partial charge in [-0.2, -0.15) is 0 Å². The summed E-state index contributed by atoms with van der Waals surface area (Å²) in [5.41, 5.74) is -0.250. The highest BCUT2D eigenvalue weighted by atomic mass is 19.3. The lowest BCUT2D eigenvalue weighted by Crippen LogP contribution is -2.44. The van der Waals surface area contributed by atoms with Gasteiger partial charge in [-0.1, -0.05) is 24.3 Å². The first-order valence-corrected chi connectivity index (χ1v) is 8.04. The van der Waals surface area contributed by atoms with Crippen LogP contribution in [-0.4, -0.2) is 46.8 Å². The van der Waals surface area contributed by atoms with Gasteiger partial charge in [0.2, 0.25) is 5.78 Å². The van der Waals surface area contributed by atoms with Gasteiger partial charge in [0.25, 0.3) is 6.43 Å². The van der Waals surface area contributed by atoms with Crippen LogP contribution in [0.15, 0.2) is 24.3 Å². The average Bonchev–Trinajstić information content (AvgIpc) is 2.52. The van der Waals surface area contributed by atoms with Gasteiger partial charge in [-0.3, -0.25) is 9.59 Å². The van der Waals surface area contributed by atoms with Crippen LogP contribution in [0, 0.1) is 0 Å². The molecule has 9 heteroatoms. The van der Waals surface area contributed by atoms with Crippen molar-refractivity contribution in [1.29, 1.82) is 0 Å². The SMILES string of the molecule is CC(C)(C)OC(=O)NC(Cc1ccc(C(=O)CC(=O)C(F)F)cc1)C(=O)O. The van der Waals surface area contributed by atoms with Crippen LogP contribution in [0.4, 0.5) is 13.6 Å². The minimum absolute atomic E-state index is 0.0553. The van der Waals surface area contributed by atoms with E-state index in [-0.39, 0.29) is 12.0 Å². The van der Waals surface area contributed by atoms with E-state index < -0.39 is 48.1 Å². The summed E-state index contributed by atoms with van der Waals surface area (Å²) in [4.78, 5) is 45.7. The van der Waals surface area contributed by atoms with Gasteiger partial charge in [-0.25, -0.2) is 18.4 Å². The molecule has 1 unspecified atom stereocenters. The molecule has 0 aliphatic heterocycles. The number of hydrogen-bond donors (Lipinski definition) is 2. The molecule has 0 heterocycles. The van der Waals surface area contributed by atoms with Gasteiger partial charge in [0.15, 0.2) is 5.78 Å². The van der Waals surface area contributed by atoms with Gasteiger partial charge in [-0.05, 0) is 26.3 Å². The summed E-state index contributed by atoms with van der Waals surface area (Å²) >= 11 is 0. The summed E-state index contributed by atoms with van der Waals surface area (Å²) in [7, 11) is 0. The molecule has 0 bridgehead atoms. The third-order valence-electron chi connectivity index (χ3n) is 3.28. The monoisotopic (exact) mass is 385 g/mol. The van der Waals surface area contributed by atoms with Crippen molar-refractivity contribution < 1.29 is 37.8 Å². The number of nitrogens with one attached hydrogen (secondary N) is 1. The maximum atomic E-state index is 12.2. The quantitative estimate of drug-likeness (QED) is 0.526. The number of alkyl halides is 2. The van der Waals surface area contributed by atoms with Crippen molar-refractivity contribution in [3.05, 3.63) is 35.4 Å². The Kier molecular flexibility index (Phi) is 7.56. The summed E-state index contributed by atoms with van der Waals surface area (Å²) < 4.78 is 29.4. The fourth-order valence-electron chi connectivity index (χ4n) is 2.05. The molecule has 0 aliphatic rings. The number of alkyl carbamates (subject to hydrolysis) is 1. The van der Waals surface area contributed by atoms with Crippen LogP contribution in [0.25, 0.3) is 0 Å². The smallest absolute Gasteiger partial charge is 0.408 e. The van der Waals surface area contributed by atoms with E-state index in [9.17, 15) is 33.1 Å². The van der Waals surface area contributed by atoms with Crippen LogP contribution in [0.2, 0.25) is 0 Å². The second kappa shape index (κ2) is 9.20. The first-order valence-electron chi connectivity index (χ1n) is 8.04. The summed E-state index contributed by atoms with van der Waals surface area (Å²) in [5, 5.41) is 11.5. The van der Waals surface area contributed by atoms with E-state index in [4.69, 9.17) is 4.74 Å². The van der Waals surface area contributed by atoms with Gasteiger partial charge in [0.05, 0.1) is 6.42 Å². The minimum atomic E-state index is -3.21. The van der Waals surface area contributed by atoms with Gasteiger partial charge in [0.1, 0.15) is 11.6 Å². The Labute approximate surface area is 154 Å². The third-order valence-corrected chi connectivity index (χ3v) is 3.28. The number of ketones is 2. The number of carboxylic acids is 1. The third kappa shape index (κ3) is 7.93. The van der Waals surface area contributed by atoms with E-state index >= 15 is 0 Å². The lowest BCUT2D eigenvalue weighted by atomic mass is 10.0. The molecule has 27 heavy (non-hydrogen) atoms. The second-order valence-corrected chi connectivity index (χ2v) is 6.81. The molecule has 0 saturated heterocycles. The van der Waals surface area contributed by atoms with Gasteiger partial charge < -0.3 is 15.2 Å². The Morgan fingerprint density at radius 2 is 1.67 bits per heavy atom. The molecule has 1 atom stereocenters. The van der Waals surface area contributed by atoms with Crippen LogP contribution in [-0.2, 0) is 20.7 Å². The van der Waals surface area contributed by atoms with E-state index in [1.54, 1.807) is 20.8 Å². The molecule has 0 radical (unpaired) electrons. The van der Waals surface area contributed by atoms with Crippen LogP contribution >= 0.6 is 0 Å². The Bertz CT molecular complexity index is 710. The number of rotatable bonds is 8. The largest absolute Gasteiger partial charge is 0.480 e. The summed E-state index contributed by atoms with van der Waals surface area (Å²) in [6.07, 6.45) is -5.08. The zero-order chi connectivity index (χ0) is 20.8. The maximum absolute atomic E-state index is 12.2. The number of Topliss-reactive ketones (excluding diaryl/α,β-unsaturated/α-hetero) is 2. The molecule has 148 valence electrons. The van der Waals surface area contributed by atoms with Crippen molar-refractivity contribution >= 4 is 23.6 Å². The Balaban J connectivity index is 2.76. The molecule has 0 spiro atoms. The highest BCUT2D eigenvalue weighted by Gasteiger charge is 2.24. The number of carbonyl (C=O) groups excluding carboxylic acids is 3. The standard InChI is InChI=1S/C18H21F2NO6/c1-18(2,3)27-17(26)21-12(16(24)25)8-10-4-6-11(7-5-10)13(22)9-14(23)15(19)20/h4-7,12,15H,8-9H2,1-3H3,(H,21,26)(H,24,25). The van der Waals surface area contributed by atoms with Crippen molar-refractivity contribution in [2.24, 2.45) is 0 Å². The van der Waals surface area contributed by atoms with E-state index in [0.29, 0.717) is 5.56 Å². The van der Waals surface area contributed by atoms with Gasteiger partial charge in [-0.15, -0.1) is 0 Å². The predicted molar refractivity (Wildman–Crippen MR) is 90.9 cm³/mol. The fraction of sp³-hybridized carbons (Fsp3) is 0.444. The van der Waals surface area contributed by atoms with Crippen LogP contribution in [0.3, 0.4) is 0 Å². The van der Waals surface area contributed by atoms with E-state index in [1.807, 2.05) is 0 Å². The summed E-state index contributed by atoms with van der Waals surface area (Å²) in [6.45, 7) is 4.91. The first kappa shape index (κ1) is 22.2. The van der Waals surface area contributed by atoms with Gasteiger partial charge >= 0.3 is 12.1 Å². The highest BCUT2D eigenvalue weighted by molar-refractivity contribution is 6.08. The van der Waals surface area contributed by atoms with Crippen LogP contribution in [0.5, 0.6) is 0 Å². The number of carbonyl (C=O) groups is 4. The number of halogens is 2. The topological polar surface area (TPSA) is 110 Å². The molecule has 0 fully saturated rings. The number of carboxylic acid groups (broad SMARTS) is 1. The summed E-state index contributed by atoms with van der Waals surface area (Å²) in [5.74, 6) is -3.49. The molecule has 1 aromatic rings.